The van der Waals surface area contributed by atoms with Gasteiger partial charge < -0.3 is 24.8 Å². The molecule has 0 radical (unpaired) electrons. The number of anilines is 3. The monoisotopic (exact) mass is 527 g/mol. The van der Waals surface area contributed by atoms with E-state index >= 15 is 0 Å². The Labute approximate surface area is 233 Å². The minimum Gasteiger partial charge on any atom is -0.497 e. The Kier molecular flexibility index (Phi) is 8.27. The van der Waals surface area contributed by atoms with Crippen LogP contribution in [0.15, 0.2) is 78.9 Å². The number of urea groups is 1. The lowest BCUT2D eigenvalue weighted by Crippen LogP contribution is -2.49. The minimum absolute atomic E-state index is 0.0874. The van der Waals surface area contributed by atoms with E-state index in [-0.39, 0.29) is 24.2 Å². The number of benzene rings is 3. The molecule has 3 aromatic carbocycles. The summed E-state index contributed by atoms with van der Waals surface area (Å²) < 4.78 is 5.28. The number of carbonyl (C=O) groups is 1. The summed E-state index contributed by atoms with van der Waals surface area (Å²) >= 11 is 0. The Hall–Kier alpha value is -3.71. The van der Waals surface area contributed by atoms with Gasteiger partial charge in [0.05, 0.1) is 7.11 Å². The van der Waals surface area contributed by atoms with E-state index in [1.54, 1.807) is 7.11 Å². The van der Waals surface area contributed by atoms with Crippen LogP contribution < -0.4 is 24.8 Å². The van der Waals surface area contributed by atoms with Crippen LogP contribution in [-0.2, 0) is 0 Å². The Morgan fingerprint density at radius 3 is 1.79 bits per heavy atom. The van der Waals surface area contributed by atoms with Crippen LogP contribution in [0.1, 0.15) is 32.4 Å². The highest BCUT2D eigenvalue weighted by atomic mass is 16.5. The molecule has 2 heterocycles. The number of ether oxygens (including phenoxy) is 1. The van der Waals surface area contributed by atoms with E-state index in [4.69, 9.17) is 4.74 Å². The van der Waals surface area contributed by atoms with Crippen LogP contribution in [-0.4, -0.2) is 69.4 Å². The normalized spacial score (nSPS) is 18.3. The third kappa shape index (κ3) is 5.98. The van der Waals surface area contributed by atoms with E-state index in [1.807, 2.05) is 28.0 Å². The zero-order valence-electron chi connectivity index (χ0n) is 23.6. The first kappa shape index (κ1) is 26.9. The van der Waals surface area contributed by atoms with Gasteiger partial charge in [0, 0.05) is 74.5 Å². The summed E-state index contributed by atoms with van der Waals surface area (Å²) in [6, 6.07) is 27.8. The number of amides is 2. The molecular formula is C32H41N5O2. The quantitative estimate of drug-likeness (QED) is 0.404. The van der Waals surface area contributed by atoms with Crippen LogP contribution in [0.5, 0.6) is 5.75 Å². The first-order valence-corrected chi connectivity index (χ1v) is 14.1. The number of rotatable bonds is 9. The summed E-state index contributed by atoms with van der Waals surface area (Å²) in [7, 11) is 1.70. The van der Waals surface area contributed by atoms with E-state index in [9.17, 15) is 4.79 Å². The summed E-state index contributed by atoms with van der Waals surface area (Å²) in [5, 5.41) is 3.68. The van der Waals surface area contributed by atoms with Crippen molar-refractivity contribution in [1.29, 1.82) is 0 Å². The predicted octanol–water partition coefficient (Wildman–Crippen LogP) is 5.39. The van der Waals surface area contributed by atoms with Crippen molar-refractivity contribution in [3.8, 4) is 5.75 Å². The molecule has 2 unspecified atom stereocenters. The summed E-state index contributed by atoms with van der Waals surface area (Å²) in [6.45, 7) is 11.8. The van der Waals surface area contributed by atoms with Crippen molar-refractivity contribution in [2.24, 2.45) is 0 Å². The second-order valence-corrected chi connectivity index (χ2v) is 10.6. The molecule has 0 aromatic heterocycles. The zero-order valence-corrected chi connectivity index (χ0v) is 23.6. The molecule has 2 fully saturated rings. The third-order valence-electron chi connectivity index (χ3n) is 8.31. The van der Waals surface area contributed by atoms with Crippen LogP contribution in [0, 0.1) is 0 Å². The van der Waals surface area contributed by atoms with Crippen LogP contribution in [0.25, 0.3) is 0 Å². The smallest absolute Gasteiger partial charge is 0.324 e. The van der Waals surface area contributed by atoms with Gasteiger partial charge in [-0.25, -0.2) is 4.79 Å². The van der Waals surface area contributed by atoms with Gasteiger partial charge in [0.2, 0.25) is 0 Å². The van der Waals surface area contributed by atoms with Gasteiger partial charge >= 0.3 is 6.03 Å². The summed E-state index contributed by atoms with van der Waals surface area (Å²) in [6.07, 6.45) is 0. The maximum absolute atomic E-state index is 13.4. The average molecular weight is 528 g/mol. The number of nitrogens with zero attached hydrogens (tertiary/aromatic N) is 4. The lowest BCUT2D eigenvalue weighted by atomic mass is 10.1. The topological polar surface area (TPSA) is 51.3 Å². The first-order chi connectivity index (χ1) is 18.9. The van der Waals surface area contributed by atoms with E-state index in [0.717, 1.165) is 44.2 Å². The molecular weight excluding hydrogens is 486 g/mol. The fraction of sp³-hybridized carbons (Fsp3) is 0.406. The van der Waals surface area contributed by atoms with Crippen molar-refractivity contribution in [3.63, 3.8) is 0 Å². The fourth-order valence-electron chi connectivity index (χ4n) is 5.67. The maximum Gasteiger partial charge on any atom is 0.324 e. The van der Waals surface area contributed by atoms with Crippen LogP contribution in [0.4, 0.5) is 21.9 Å². The molecule has 2 aliphatic rings. The number of hydrogen-bond acceptors (Lipinski definition) is 5. The highest BCUT2D eigenvalue weighted by Gasteiger charge is 2.35. The Bertz CT molecular complexity index is 1210. The van der Waals surface area contributed by atoms with Gasteiger partial charge in [-0.15, -0.1) is 0 Å². The molecule has 0 bridgehead atoms. The third-order valence-corrected chi connectivity index (χ3v) is 8.31. The second kappa shape index (κ2) is 12.0. The number of piperazine rings is 1. The Balaban J connectivity index is 1.14. The van der Waals surface area contributed by atoms with Gasteiger partial charge in [0.25, 0.3) is 0 Å². The largest absolute Gasteiger partial charge is 0.497 e. The minimum atomic E-state index is 0.0874. The molecule has 0 spiro atoms. The Morgan fingerprint density at radius 2 is 1.23 bits per heavy atom. The van der Waals surface area contributed by atoms with Crippen molar-refractivity contribution in [2.45, 2.75) is 38.9 Å². The highest BCUT2D eigenvalue weighted by Crippen LogP contribution is 2.27. The zero-order chi connectivity index (χ0) is 27.4. The van der Waals surface area contributed by atoms with E-state index in [2.05, 4.69) is 96.6 Å². The van der Waals surface area contributed by atoms with Crippen molar-refractivity contribution >= 4 is 23.1 Å². The van der Waals surface area contributed by atoms with Gasteiger partial charge in [-0.2, -0.15) is 0 Å². The second-order valence-electron chi connectivity index (χ2n) is 10.6. The van der Waals surface area contributed by atoms with Gasteiger partial charge in [0.1, 0.15) is 5.75 Å². The van der Waals surface area contributed by atoms with E-state index in [1.165, 1.54) is 16.9 Å². The molecule has 2 aliphatic heterocycles. The molecule has 7 nitrogen and oxygen atoms in total. The lowest BCUT2D eigenvalue weighted by Gasteiger charge is -2.37. The van der Waals surface area contributed by atoms with Gasteiger partial charge in [-0.1, -0.05) is 30.3 Å². The molecule has 2 amide bonds. The SMILES string of the molecule is COc1ccc(N2CCN(c3ccc(N4CCN([C@H](C)C(C)NC(C)c5ccccc5)C4=O)cc3)CC2)cc1. The van der Waals surface area contributed by atoms with Crippen molar-refractivity contribution in [1.82, 2.24) is 10.2 Å². The fourth-order valence-corrected chi connectivity index (χ4v) is 5.67. The molecule has 5 rings (SSSR count). The summed E-state index contributed by atoms with van der Waals surface area (Å²) in [4.78, 5) is 22.2. The molecule has 39 heavy (non-hydrogen) atoms. The lowest BCUT2D eigenvalue weighted by molar-refractivity contribution is 0.188. The molecule has 1 N–H and O–H groups in total. The molecule has 3 aromatic rings. The van der Waals surface area contributed by atoms with E-state index < -0.39 is 0 Å². The summed E-state index contributed by atoms with van der Waals surface area (Å²) in [5.74, 6) is 0.885. The van der Waals surface area contributed by atoms with E-state index in [0.29, 0.717) is 6.54 Å². The van der Waals surface area contributed by atoms with Gasteiger partial charge in [-0.05, 0) is 74.9 Å². The predicted molar refractivity (Wildman–Crippen MR) is 160 cm³/mol. The first-order valence-electron chi connectivity index (χ1n) is 14.1. The van der Waals surface area contributed by atoms with Crippen LogP contribution >= 0.6 is 0 Å². The van der Waals surface area contributed by atoms with Gasteiger partial charge in [0.15, 0.2) is 0 Å². The van der Waals surface area contributed by atoms with Gasteiger partial charge in [-0.3, -0.25) is 4.90 Å². The Morgan fingerprint density at radius 1 is 0.692 bits per heavy atom. The van der Waals surface area contributed by atoms with Crippen molar-refractivity contribution in [3.05, 3.63) is 84.4 Å². The number of hydrogen-bond donors (Lipinski definition) is 1. The number of methoxy groups -OCH3 is 1. The average Bonchev–Trinajstić information content (AvgIpc) is 3.38. The molecule has 7 heteroatoms. The summed E-state index contributed by atoms with van der Waals surface area (Å²) in [5.41, 5.74) is 4.66. The standard InChI is InChI=1S/C32H41N5O2/c1-24(33-25(2)27-8-6-5-7-9-27)26(3)36-22-23-37(32(36)38)30-12-10-28(11-13-30)34-18-20-35(21-19-34)29-14-16-31(39-4)17-15-29/h5-17,24-26,33H,18-23H2,1-4H3/t24?,25?,26-/m1/s1. The molecule has 0 aliphatic carbocycles. The highest BCUT2D eigenvalue weighted by molar-refractivity contribution is 5.94. The molecule has 206 valence electrons. The van der Waals surface area contributed by atoms with Crippen molar-refractivity contribution < 1.29 is 9.53 Å². The molecule has 0 saturated carbocycles. The molecule has 3 atom stereocenters. The number of nitrogens with one attached hydrogen (secondary N) is 1. The maximum atomic E-state index is 13.4. The number of carbonyl (C=O) groups excluding carboxylic acids is 1. The van der Waals surface area contributed by atoms with Crippen LogP contribution in [0.3, 0.4) is 0 Å². The van der Waals surface area contributed by atoms with Crippen LogP contribution in [0.2, 0.25) is 0 Å². The molecule has 2 saturated heterocycles. The van der Waals surface area contributed by atoms with Crippen molar-refractivity contribution in [2.75, 3.05) is 61.1 Å².